The molecule has 3 heterocycles. The topological polar surface area (TPSA) is 80.1 Å². The summed E-state index contributed by atoms with van der Waals surface area (Å²) in [6, 6.07) is 18.5. The van der Waals surface area contributed by atoms with Crippen molar-refractivity contribution in [2.75, 3.05) is 18.4 Å². The van der Waals surface area contributed by atoms with Crippen LogP contribution >= 0.6 is 0 Å². The number of nitrogens with zero attached hydrogens (tertiary/aromatic N) is 4. The summed E-state index contributed by atoms with van der Waals surface area (Å²) in [5, 5.41) is 3.19. The number of likely N-dealkylation sites (tertiary alicyclic amines) is 1. The quantitative estimate of drug-likeness (QED) is 0.511. The van der Waals surface area contributed by atoms with Gasteiger partial charge in [-0.2, -0.15) is 0 Å². The fraction of sp³-hybridized carbons (Fsp3) is 0.231. The number of carbonyl (C=O) groups is 1. The zero-order valence-electron chi connectivity index (χ0n) is 18.5. The van der Waals surface area contributed by atoms with Crippen LogP contribution in [0.15, 0.2) is 71.7 Å². The van der Waals surface area contributed by atoms with E-state index >= 15 is 0 Å². The van der Waals surface area contributed by atoms with Crippen molar-refractivity contribution in [3.8, 4) is 11.4 Å². The van der Waals surface area contributed by atoms with E-state index in [-0.39, 0.29) is 11.5 Å². The van der Waals surface area contributed by atoms with Gasteiger partial charge in [0, 0.05) is 25.4 Å². The Bertz CT molecular complexity index is 1360. The number of para-hydroxylation sites is 1. The van der Waals surface area contributed by atoms with Crippen LogP contribution in [-0.4, -0.2) is 38.4 Å². The molecule has 0 saturated carbocycles. The molecule has 7 nitrogen and oxygen atoms in total. The Balaban J connectivity index is 1.52. The average Bonchev–Trinajstić information content (AvgIpc) is 3.35. The van der Waals surface area contributed by atoms with Gasteiger partial charge < -0.3 is 5.32 Å². The Morgan fingerprint density at radius 1 is 1.00 bits per heavy atom. The van der Waals surface area contributed by atoms with Crippen LogP contribution in [-0.2, 0) is 13.6 Å². The minimum absolute atomic E-state index is 0.191. The Kier molecular flexibility index (Phi) is 5.71. The molecule has 1 aliphatic heterocycles. The highest BCUT2D eigenvalue weighted by Crippen LogP contribution is 2.22. The molecule has 4 aromatic rings. The molecule has 1 N–H and O–H groups in total. The summed E-state index contributed by atoms with van der Waals surface area (Å²) in [6.45, 7) is 3.22. The molecule has 0 bridgehead atoms. The van der Waals surface area contributed by atoms with Crippen LogP contribution in [0.4, 0.5) is 5.82 Å². The molecular weight excluding hydrogens is 414 g/mol. The molecule has 0 aliphatic carbocycles. The predicted molar refractivity (Wildman–Crippen MR) is 129 cm³/mol. The standard InChI is InChI=1S/C26H25N5O2/c1-30-24(19-12-10-18(11-13-19)17-31-15-4-5-16-31)29-23-20(7-6-8-21(23)26(30)33)25(32)28-22-9-2-3-14-27-22/h2-3,6-14H,4-5,15-17H2,1H3,(H,27,28,32). The molecule has 1 fully saturated rings. The van der Waals surface area contributed by atoms with Gasteiger partial charge in [-0.25, -0.2) is 9.97 Å². The summed E-state index contributed by atoms with van der Waals surface area (Å²) < 4.78 is 1.54. The molecule has 0 unspecified atom stereocenters. The van der Waals surface area contributed by atoms with Crippen molar-refractivity contribution in [2.45, 2.75) is 19.4 Å². The van der Waals surface area contributed by atoms with Gasteiger partial charge in [0.25, 0.3) is 11.5 Å². The first-order chi connectivity index (χ1) is 16.1. The molecule has 5 rings (SSSR count). The van der Waals surface area contributed by atoms with Gasteiger partial charge in [-0.15, -0.1) is 0 Å². The number of benzene rings is 2. The normalized spacial score (nSPS) is 14.0. The van der Waals surface area contributed by atoms with Crippen LogP contribution in [0.3, 0.4) is 0 Å². The number of amides is 1. The Morgan fingerprint density at radius 2 is 1.79 bits per heavy atom. The molecule has 0 radical (unpaired) electrons. The molecule has 2 aromatic heterocycles. The van der Waals surface area contributed by atoms with Crippen molar-refractivity contribution in [3.63, 3.8) is 0 Å². The van der Waals surface area contributed by atoms with Crippen LogP contribution in [0.2, 0.25) is 0 Å². The van der Waals surface area contributed by atoms with E-state index in [1.807, 2.05) is 12.1 Å². The summed E-state index contributed by atoms with van der Waals surface area (Å²) >= 11 is 0. The van der Waals surface area contributed by atoms with Gasteiger partial charge in [0.05, 0.1) is 16.5 Å². The van der Waals surface area contributed by atoms with Gasteiger partial charge in [-0.1, -0.05) is 36.4 Å². The number of carbonyl (C=O) groups excluding carboxylic acids is 1. The number of aromatic nitrogens is 3. The second kappa shape index (κ2) is 8.96. The van der Waals surface area contributed by atoms with Gasteiger partial charge in [-0.3, -0.25) is 19.1 Å². The van der Waals surface area contributed by atoms with Gasteiger partial charge in [-0.05, 0) is 55.8 Å². The molecule has 166 valence electrons. The van der Waals surface area contributed by atoms with Gasteiger partial charge in [0.1, 0.15) is 11.6 Å². The molecule has 0 spiro atoms. The Hall–Kier alpha value is -3.84. The molecule has 33 heavy (non-hydrogen) atoms. The van der Waals surface area contributed by atoms with Crippen LogP contribution in [0.25, 0.3) is 22.3 Å². The highest BCUT2D eigenvalue weighted by atomic mass is 16.2. The number of fused-ring (bicyclic) bond motifs is 1. The maximum absolute atomic E-state index is 13.1. The summed E-state index contributed by atoms with van der Waals surface area (Å²) in [5.74, 6) is 0.613. The second-order valence-electron chi connectivity index (χ2n) is 8.35. The van der Waals surface area contributed by atoms with Crippen LogP contribution in [0, 0.1) is 0 Å². The second-order valence-corrected chi connectivity index (χ2v) is 8.35. The largest absolute Gasteiger partial charge is 0.306 e. The number of nitrogens with one attached hydrogen (secondary N) is 1. The van der Waals surface area contributed by atoms with Crippen LogP contribution in [0.1, 0.15) is 28.8 Å². The maximum atomic E-state index is 13.1. The Labute approximate surface area is 191 Å². The van der Waals surface area contributed by atoms with Crippen molar-refractivity contribution in [1.29, 1.82) is 0 Å². The third-order valence-corrected chi connectivity index (χ3v) is 6.07. The van der Waals surface area contributed by atoms with Crippen molar-refractivity contribution in [3.05, 3.63) is 88.3 Å². The minimum atomic E-state index is -0.355. The smallest absolute Gasteiger partial charge is 0.261 e. The van der Waals surface area contributed by atoms with E-state index in [1.165, 1.54) is 23.0 Å². The molecule has 2 aromatic carbocycles. The van der Waals surface area contributed by atoms with Gasteiger partial charge in [0.2, 0.25) is 0 Å². The number of hydrogen-bond acceptors (Lipinski definition) is 5. The average molecular weight is 440 g/mol. The first-order valence-electron chi connectivity index (χ1n) is 11.1. The third-order valence-electron chi connectivity index (χ3n) is 6.07. The van der Waals surface area contributed by atoms with Crippen molar-refractivity contribution >= 4 is 22.6 Å². The summed E-state index contributed by atoms with van der Waals surface area (Å²) in [5.41, 5.74) is 2.60. The number of anilines is 1. The number of hydrogen-bond donors (Lipinski definition) is 1. The fourth-order valence-electron chi connectivity index (χ4n) is 4.31. The van der Waals surface area contributed by atoms with E-state index in [0.717, 1.165) is 25.2 Å². The highest BCUT2D eigenvalue weighted by molar-refractivity contribution is 6.11. The summed E-state index contributed by atoms with van der Waals surface area (Å²) in [7, 11) is 1.71. The van der Waals surface area contributed by atoms with Gasteiger partial charge >= 0.3 is 0 Å². The molecule has 1 aliphatic rings. The zero-order chi connectivity index (χ0) is 22.8. The lowest BCUT2D eigenvalue weighted by Gasteiger charge is -2.15. The van der Waals surface area contributed by atoms with Crippen molar-refractivity contribution in [2.24, 2.45) is 7.05 Å². The van der Waals surface area contributed by atoms with E-state index in [4.69, 9.17) is 4.98 Å². The first kappa shape index (κ1) is 21.0. The van der Waals surface area contributed by atoms with E-state index in [9.17, 15) is 9.59 Å². The fourth-order valence-corrected chi connectivity index (χ4v) is 4.31. The highest BCUT2D eigenvalue weighted by Gasteiger charge is 2.18. The lowest BCUT2D eigenvalue weighted by Crippen LogP contribution is -2.22. The minimum Gasteiger partial charge on any atom is -0.306 e. The summed E-state index contributed by atoms with van der Waals surface area (Å²) in [6.07, 6.45) is 4.13. The number of rotatable bonds is 5. The first-order valence-corrected chi connectivity index (χ1v) is 11.1. The molecule has 1 amide bonds. The lowest BCUT2D eigenvalue weighted by molar-refractivity contribution is 0.102. The molecule has 0 atom stereocenters. The molecular formula is C26H25N5O2. The lowest BCUT2D eigenvalue weighted by atomic mass is 10.1. The molecule has 1 saturated heterocycles. The summed E-state index contributed by atoms with van der Waals surface area (Å²) in [4.78, 5) is 37.5. The van der Waals surface area contributed by atoms with E-state index < -0.39 is 0 Å². The Morgan fingerprint density at radius 3 is 2.52 bits per heavy atom. The van der Waals surface area contributed by atoms with Crippen molar-refractivity contribution in [1.82, 2.24) is 19.4 Å². The molecule has 7 heteroatoms. The van der Waals surface area contributed by atoms with Crippen LogP contribution in [0.5, 0.6) is 0 Å². The van der Waals surface area contributed by atoms with Crippen molar-refractivity contribution < 1.29 is 4.79 Å². The van der Waals surface area contributed by atoms with E-state index in [1.54, 1.807) is 49.6 Å². The third kappa shape index (κ3) is 4.27. The van der Waals surface area contributed by atoms with E-state index in [0.29, 0.717) is 28.1 Å². The maximum Gasteiger partial charge on any atom is 0.261 e. The van der Waals surface area contributed by atoms with E-state index in [2.05, 4.69) is 27.3 Å². The monoisotopic (exact) mass is 439 g/mol. The SMILES string of the molecule is Cn1c(-c2ccc(CN3CCCC3)cc2)nc2c(C(=O)Nc3ccccn3)cccc2c1=O. The zero-order valence-corrected chi connectivity index (χ0v) is 18.5. The van der Waals surface area contributed by atoms with Crippen LogP contribution < -0.4 is 10.9 Å². The van der Waals surface area contributed by atoms with Gasteiger partial charge in [0.15, 0.2) is 0 Å². The predicted octanol–water partition coefficient (Wildman–Crippen LogP) is 3.84. The number of pyridine rings is 1.